The molecule has 0 amide bonds. The van der Waals surface area contributed by atoms with Crippen molar-refractivity contribution in [3.8, 4) is 0 Å². The van der Waals surface area contributed by atoms with Crippen molar-refractivity contribution < 1.29 is 0 Å². The van der Waals surface area contributed by atoms with Crippen molar-refractivity contribution in [1.82, 2.24) is 0 Å². The summed E-state index contributed by atoms with van der Waals surface area (Å²) >= 11 is 0. The molecule has 0 aliphatic heterocycles. The molecule has 210 valence electrons. The lowest BCUT2D eigenvalue weighted by molar-refractivity contribution is -0.0195. The first-order valence-electron chi connectivity index (χ1n) is 16.2. The molecule has 0 aromatic carbocycles. The molecule has 0 heterocycles. The fraction of sp³-hybridized carbons (Fsp3) is 1.00. The van der Waals surface area contributed by atoms with Crippen LogP contribution >= 0.6 is 0 Å². The van der Waals surface area contributed by atoms with E-state index in [9.17, 15) is 0 Å². The van der Waals surface area contributed by atoms with Gasteiger partial charge in [-0.15, -0.1) is 0 Å². The Morgan fingerprint density at radius 3 is 1.11 bits per heavy atom. The van der Waals surface area contributed by atoms with E-state index >= 15 is 0 Å². The van der Waals surface area contributed by atoms with Gasteiger partial charge in [0.1, 0.15) is 0 Å². The van der Waals surface area contributed by atoms with Crippen LogP contribution in [0, 0.1) is 92.7 Å². The first-order chi connectivity index (χ1) is 16.2. The summed E-state index contributed by atoms with van der Waals surface area (Å²) in [5.41, 5.74) is 1.81. The highest BCUT2D eigenvalue weighted by Gasteiger charge is 2.62. The lowest BCUT2D eigenvalue weighted by Gasteiger charge is -2.50. The first-order valence-corrected chi connectivity index (χ1v) is 16.2. The molecule has 4 saturated carbocycles. The van der Waals surface area contributed by atoms with E-state index in [4.69, 9.17) is 0 Å². The molecule has 4 aliphatic rings. The highest BCUT2D eigenvalue weighted by atomic mass is 14.7. The molecule has 36 heavy (non-hydrogen) atoms. The van der Waals surface area contributed by atoms with Gasteiger partial charge in [0.15, 0.2) is 0 Å². The zero-order valence-electron chi connectivity index (χ0n) is 27.2. The fourth-order valence-corrected chi connectivity index (χ4v) is 11.8. The van der Waals surface area contributed by atoms with Crippen molar-refractivity contribution in [1.29, 1.82) is 0 Å². The zero-order valence-corrected chi connectivity index (χ0v) is 27.2. The third kappa shape index (κ3) is 5.01. The Balaban J connectivity index is 1.71. The molecular formula is C36H66. The zero-order chi connectivity index (χ0) is 27.2. The Morgan fingerprint density at radius 2 is 0.778 bits per heavy atom. The molecule has 0 radical (unpaired) electrons. The van der Waals surface area contributed by atoms with E-state index in [1.165, 1.54) is 38.5 Å². The lowest BCUT2D eigenvalue weighted by Crippen LogP contribution is -2.44. The van der Waals surface area contributed by atoms with Crippen molar-refractivity contribution in [2.24, 2.45) is 92.7 Å². The minimum atomic E-state index is 0.443. The minimum absolute atomic E-state index is 0.443. The van der Waals surface area contributed by atoms with E-state index in [0.29, 0.717) is 21.7 Å². The highest BCUT2D eigenvalue weighted by molar-refractivity contribution is 5.11. The maximum atomic E-state index is 2.77. The summed E-state index contributed by atoms with van der Waals surface area (Å²) in [6.07, 6.45) is 8.97. The minimum Gasteiger partial charge on any atom is -0.0622 e. The topological polar surface area (TPSA) is 0 Å². The molecule has 0 heteroatoms. The molecule has 11 unspecified atom stereocenters. The molecule has 4 rings (SSSR count). The Morgan fingerprint density at radius 1 is 0.389 bits per heavy atom. The summed E-state index contributed by atoms with van der Waals surface area (Å²) in [5.74, 6) is 11.1. The van der Waals surface area contributed by atoms with Gasteiger partial charge >= 0.3 is 0 Å². The van der Waals surface area contributed by atoms with Crippen LogP contribution < -0.4 is 0 Å². The molecule has 0 nitrogen and oxygen atoms in total. The van der Waals surface area contributed by atoms with Gasteiger partial charge in [-0.05, 0) is 131 Å². The van der Waals surface area contributed by atoms with Crippen molar-refractivity contribution in [2.45, 2.75) is 135 Å². The molecule has 0 N–H and O–H groups in total. The van der Waals surface area contributed by atoms with E-state index in [0.717, 1.165) is 71.0 Å². The maximum absolute atomic E-state index is 2.77. The van der Waals surface area contributed by atoms with Crippen LogP contribution in [-0.4, -0.2) is 0 Å². The summed E-state index contributed by atoms with van der Waals surface area (Å²) < 4.78 is 0. The highest BCUT2D eigenvalue weighted by Crippen LogP contribution is 2.69. The van der Waals surface area contributed by atoms with E-state index in [1.54, 1.807) is 0 Å². The van der Waals surface area contributed by atoms with E-state index in [-0.39, 0.29) is 0 Å². The van der Waals surface area contributed by atoms with E-state index < -0.39 is 0 Å². The third-order valence-electron chi connectivity index (χ3n) is 13.4. The van der Waals surface area contributed by atoms with E-state index in [2.05, 4.69) is 96.9 Å². The Bertz CT molecular complexity index is 723. The maximum Gasteiger partial charge on any atom is -0.0289 e. The average Bonchev–Trinajstić information content (AvgIpc) is 3.23. The SMILES string of the molecule is CC1CC2C(CC1C(C)(C)C)C1CC(C(C)(C)C)C(C)CC1C2C(C)(C)C1CC(C(C)(C)C)CC1C. The molecule has 4 fully saturated rings. The van der Waals surface area contributed by atoms with E-state index in [1.807, 2.05) is 0 Å². The molecule has 0 aromatic heterocycles. The number of fused-ring (bicyclic) bond motifs is 3. The van der Waals surface area contributed by atoms with Crippen molar-refractivity contribution in [3.05, 3.63) is 0 Å². The molecule has 0 saturated heterocycles. The number of hydrogen-bond acceptors (Lipinski definition) is 0. The van der Waals surface area contributed by atoms with Gasteiger partial charge in [0, 0.05) is 0 Å². The molecular weight excluding hydrogens is 432 g/mol. The second-order valence-electron chi connectivity index (χ2n) is 19.0. The molecule has 4 aliphatic carbocycles. The largest absolute Gasteiger partial charge is 0.0622 e. The standard InChI is InChI=1S/C36H66/c1-21-15-24(33(4,5)6)18-31(21)36(13,14)32-27-16-22(2)29(34(7,8)9)19-25(27)26-20-30(35(10,11)12)23(3)17-28(26)32/h21-32H,15-20H2,1-14H3. The van der Waals surface area contributed by atoms with Crippen LogP contribution in [-0.2, 0) is 0 Å². The van der Waals surface area contributed by atoms with Crippen LogP contribution in [0.5, 0.6) is 0 Å². The second-order valence-corrected chi connectivity index (χ2v) is 19.0. The monoisotopic (exact) mass is 499 g/mol. The van der Waals surface area contributed by atoms with Crippen LogP contribution in [0.2, 0.25) is 0 Å². The van der Waals surface area contributed by atoms with Crippen molar-refractivity contribution >= 4 is 0 Å². The van der Waals surface area contributed by atoms with Gasteiger partial charge in [0.05, 0.1) is 0 Å². The Kier molecular flexibility index (Phi) is 7.48. The second kappa shape index (κ2) is 9.29. The summed E-state index contributed by atoms with van der Waals surface area (Å²) in [6, 6.07) is 0. The van der Waals surface area contributed by atoms with Gasteiger partial charge in [-0.2, -0.15) is 0 Å². The van der Waals surface area contributed by atoms with Gasteiger partial charge in [0.2, 0.25) is 0 Å². The molecule has 0 bridgehead atoms. The predicted molar refractivity (Wildman–Crippen MR) is 159 cm³/mol. The van der Waals surface area contributed by atoms with Gasteiger partial charge < -0.3 is 0 Å². The Labute approximate surface area is 227 Å². The smallest absolute Gasteiger partial charge is 0.0289 e. The normalized spacial score (nSPS) is 46.5. The quantitative estimate of drug-likeness (QED) is 0.355. The van der Waals surface area contributed by atoms with Gasteiger partial charge in [-0.1, -0.05) is 96.9 Å². The Hall–Kier alpha value is 0. The van der Waals surface area contributed by atoms with Crippen molar-refractivity contribution in [2.75, 3.05) is 0 Å². The van der Waals surface area contributed by atoms with Crippen molar-refractivity contribution in [3.63, 3.8) is 0 Å². The molecule has 11 atom stereocenters. The number of hydrogen-bond donors (Lipinski definition) is 0. The molecule has 0 aromatic rings. The summed E-state index contributed by atoms with van der Waals surface area (Å²) in [5, 5.41) is 0. The van der Waals surface area contributed by atoms with Crippen LogP contribution in [0.25, 0.3) is 0 Å². The number of rotatable bonds is 2. The van der Waals surface area contributed by atoms with Crippen LogP contribution in [0.1, 0.15) is 135 Å². The summed E-state index contributed by atoms with van der Waals surface area (Å²) in [7, 11) is 0. The fourth-order valence-electron chi connectivity index (χ4n) is 11.8. The predicted octanol–water partition coefficient (Wildman–Crippen LogP) is 11.0. The van der Waals surface area contributed by atoms with Gasteiger partial charge in [-0.3, -0.25) is 0 Å². The lowest BCUT2D eigenvalue weighted by atomic mass is 9.54. The van der Waals surface area contributed by atoms with Gasteiger partial charge in [-0.25, -0.2) is 0 Å². The van der Waals surface area contributed by atoms with Crippen LogP contribution in [0.15, 0.2) is 0 Å². The average molecular weight is 499 g/mol. The van der Waals surface area contributed by atoms with Crippen LogP contribution in [0.4, 0.5) is 0 Å². The summed E-state index contributed by atoms with van der Waals surface area (Å²) in [6.45, 7) is 36.2. The first kappa shape index (κ1) is 29.0. The van der Waals surface area contributed by atoms with Crippen LogP contribution in [0.3, 0.4) is 0 Å². The molecule has 0 spiro atoms. The third-order valence-corrected chi connectivity index (χ3v) is 13.4. The van der Waals surface area contributed by atoms with Gasteiger partial charge in [0.25, 0.3) is 0 Å². The summed E-state index contributed by atoms with van der Waals surface area (Å²) in [4.78, 5) is 0.